The smallest absolute Gasteiger partial charge is 0.200 e. The van der Waals surface area contributed by atoms with Crippen LogP contribution in [-0.2, 0) is 4.74 Å². The number of nitrogens with one attached hydrogen (secondary N) is 2. The van der Waals surface area contributed by atoms with Crippen molar-refractivity contribution in [3.8, 4) is 6.07 Å². The van der Waals surface area contributed by atoms with Gasteiger partial charge in [0.05, 0.1) is 17.9 Å². The van der Waals surface area contributed by atoms with Crippen LogP contribution in [0.15, 0.2) is 11.9 Å². The van der Waals surface area contributed by atoms with Gasteiger partial charge in [-0.15, -0.1) is 0 Å². The van der Waals surface area contributed by atoms with E-state index < -0.39 is 5.66 Å². The van der Waals surface area contributed by atoms with Crippen molar-refractivity contribution in [2.24, 2.45) is 23.7 Å². The Bertz CT molecular complexity index is 565. The second kappa shape index (κ2) is 5.91. The maximum absolute atomic E-state index is 9.84. The highest BCUT2D eigenvalue weighted by Gasteiger charge is 2.52. The van der Waals surface area contributed by atoms with Crippen molar-refractivity contribution < 1.29 is 4.74 Å². The first kappa shape index (κ1) is 16.0. The first-order chi connectivity index (χ1) is 12.2. The van der Waals surface area contributed by atoms with E-state index in [9.17, 15) is 5.26 Å². The molecule has 136 valence electrons. The lowest BCUT2D eigenvalue weighted by Gasteiger charge is -2.56. The van der Waals surface area contributed by atoms with Gasteiger partial charge in [0.15, 0.2) is 0 Å². The third-order valence-corrected chi connectivity index (χ3v) is 7.74. The van der Waals surface area contributed by atoms with Crippen molar-refractivity contribution in [1.82, 2.24) is 10.6 Å². The largest absolute Gasteiger partial charge is 0.369 e. The zero-order valence-corrected chi connectivity index (χ0v) is 15.2. The van der Waals surface area contributed by atoms with Crippen LogP contribution in [0.25, 0.3) is 0 Å². The van der Waals surface area contributed by atoms with Crippen LogP contribution < -0.4 is 10.6 Å². The van der Waals surface area contributed by atoms with Crippen LogP contribution in [-0.4, -0.2) is 17.9 Å². The van der Waals surface area contributed by atoms with Crippen LogP contribution in [0.4, 0.5) is 0 Å². The quantitative estimate of drug-likeness (QED) is 0.816. The fraction of sp³-hybridized carbons (Fsp3) is 0.857. The van der Waals surface area contributed by atoms with Crippen LogP contribution in [0.2, 0.25) is 0 Å². The second-order valence-electron chi connectivity index (χ2n) is 9.58. The Hall–Kier alpha value is -1.21. The molecule has 0 spiro atoms. The van der Waals surface area contributed by atoms with Crippen LogP contribution in [0.5, 0.6) is 0 Å². The van der Waals surface area contributed by atoms with Crippen molar-refractivity contribution in [2.45, 2.75) is 81.9 Å². The Balaban J connectivity index is 1.22. The number of nitrogens with zero attached hydrogens (tertiary/aromatic N) is 1. The van der Waals surface area contributed by atoms with E-state index in [1.165, 1.54) is 57.8 Å². The van der Waals surface area contributed by atoms with E-state index in [0.717, 1.165) is 36.3 Å². The normalized spacial score (nSPS) is 45.6. The van der Waals surface area contributed by atoms with Gasteiger partial charge in [-0.05, 0) is 69.1 Å². The van der Waals surface area contributed by atoms with Gasteiger partial charge in [-0.2, -0.15) is 5.26 Å². The summed E-state index contributed by atoms with van der Waals surface area (Å²) in [5.41, 5.74) is 0.614. The standard InChI is InChI=1S/C21H31N3O/c22-14-21(18-4-2-1-3-5-18)23-12-19(24-21)13-25-20-9-15-6-16(10-20)8-17(7-15)11-20/h12,15-18,23-24H,1-11,13H2. The molecule has 0 radical (unpaired) electrons. The highest BCUT2D eigenvalue weighted by molar-refractivity contribution is 5.24. The lowest BCUT2D eigenvalue weighted by atomic mass is 9.54. The molecule has 0 amide bonds. The summed E-state index contributed by atoms with van der Waals surface area (Å²) in [7, 11) is 0. The van der Waals surface area contributed by atoms with E-state index in [4.69, 9.17) is 4.74 Å². The van der Waals surface area contributed by atoms with Crippen molar-refractivity contribution in [1.29, 1.82) is 5.26 Å². The Kier molecular flexibility index (Phi) is 3.78. The van der Waals surface area contributed by atoms with Crippen LogP contribution >= 0.6 is 0 Å². The van der Waals surface area contributed by atoms with Gasteiger partial charge in [0.25, 0.3) is 0 Å². The van der Waals surface area contributed by atoms with Crippen molar-refractivity contribution in [3.63, 3.8) is 0 Å². The minimum absolute atomic E-state index is 0.139. The number of rotatable bonds is 4. The molecule has 1 unspecified atom stereocenters. The summed E-state index contributed by atoms with van der Waals surface area (Å²) < 4.78 is 6.57. The molecule has 1 aliphatic heterocycles. The predicted octanol–water partition coefficient (Wildman–Crippen LogP) is 3.81. The zero-order chi connectivity index (χ0) is 16.9. The molecule has 5 aliphatic carbocycles. The molecule has 6 rings (SSSR count). The summed E-state index contributed by atoms with van der Waals surface area (Å²) >= 11 is 0. The Morgan fingerprint density at radius 3 is 2.28 bits per heavy atom. The summed E-state index contributed by atoms with van der Waals surface area (Å²) in [6.07, 6.45) is 16.3. The fourth-order valence-corrected chi connectivity index (χ4v) is 6.95. The molecule has 4 nitrogen and oxygen atoms in total. The molecule has 4 heteroatoms. The van der Waals surface area contributed by atoms with Gasteiger partial charge in [0, 0.05) is 12.1 Å². The summed E-state index contributed by atoms with van der Waals surface area (Å²) in [5, 5.41) is 16.7. The molecule has 1 atom stereocenters. The van der Waals surface area contributed by atoms with Crippen LogP contribution in [0, 0.1) is 35.0 Å². The topological polar surface area (TPSA) is 57.1 Å². The third kappa shape index (κ3) is 2.76. The van der Waals surface area contributed by atoms with Crippen molar-refractivity contribution >= 4 is 0 Å². The van der Waals surface area contributed by atoms with E-state index in [1.54, 1.807) is 0 Å². The lowest BCUT2D eigenvalue weighted by Crippen LogP contribution is -2.56. The Labute approximate surface area is 151 Å². The molecule has 25 heavy (non-hydrogen) atoms. The molecule has 0 saturated heterocycles. The van der Waals surface area contributed by atoms with E-state index in [-0.39, 0.29) is 5.60 Å². The molecule has 2 N–H and O–H groups in total. The second-order valence-corrected chi connectivity index (χ2v) is 9.58. The zero-order valence-electron chi connectivity index (χ0n) is 15.2. The van der Waals surface area contributed by atoms with E-state index in [0.29, 0.717) is 12.5 Å². The Morgan fingerprint density at radius 2 is 1.68 bits per heavy atom. The highest BCUT2D eigenvalue weighted by Crippen LogP contribution is 2.57. The Morgan fingerprint density at radius 1 is 1.04 bits per heavy atom. The molecular weight excluding hydrogens is 310 g/mol. The highest BCUT2D eigenvalue weighted by atomic mass is 16.5. The van der Waals surface area contributed by atoms with Gasteiger partial charge in [-0.3, -0.25) is 0 Å². The van der Waals surface area contributed by atoms with Gasteiger partial charge in [-0.1, -0.05) is 19.3 Å². The van der Waals surface area contributed by atoms with Gasteiger partial charge in [0.2, 0.25) is 5.66 Å². The van der Waals surface area contributed by atoms with Gasteiger partial charge < -0.3 is 15.4 Å². The van der Waals surface area contributed by atoms with E-state index in [1.807, 2.05) is 6.20 Å². The number of nitriles is 1. The first-order valence-electron chi connectivity index (χ1n) is 10.5. The number of ether oxygens (including phenoxy) is 1. The summed E-state index contributed by atoms with van der Waals surface area (Å²) in [5.74, 6) is 3.14. The molecule has 6 aliphatic rings. The molecule has 0 aromatic heterocycles. The molecule has 5 saturated carbocycles. The SMILES string of the molecule is N#CC1(C2CCCCC2)NC=C(COC23CC4CC(CC(C4)C2)C3)N1. The van der Waals surface area contributed by atoms with Crippen molar-refractivity contribution in [2.75, 3.05) is 6.61 Å². The van der Waals surface area contributed by atoms with Gasteiger partial charge in [-0.25, -0.2) is 0 Å². The summed E-state index contributed by atoms with van der Waals surface area (Å²) in [6, 6.07) is 2.54. The minimum atomic E-state index is -0.597. The summed E-state index contributed by atoms with van der Waals surface area (Å²) in [6.45, 7) is 0.634. The van der Waals surface area contributed by atoms with Gasteiger partial charge in [0.1, 0.15) is 6.07 Å². The molecular formula is C21H31N3O. The summed E-state index contributed by atoms with van der Waals surface area (Å²) in [4.78, 5) is 0. The van der Waals surface area contributed by atoms with E-state index >= 15 is 0 Å². The molecule has 1 heterocycles. The number of hydrogen-bond donors (Lipinski definition) is 2. The maximum atomic E-state index is 9.84. The number of hydrogen-bond acceptors (Lipinski definition) is 4. The monoisotopic (exact) mass is 341 g/mol. The lowest BCUT2D eigenvalue weighted by molar-refractivity contribution is -0.157. The first-order valence-corrected chi connectivity index (χ1v) is 10.5. The fourth-order valence-electron chi connectivity index (χ4n) is 6.95. The maximum Gasteiger partial charge on any atom is 0.200 e. The average Bonchev–Trinajstić information content (AvgIpc) is 3.05. The predicted molar refractivity (Wildman–Crippen MR) is 96.1 cm³/mol. The molecule has 0 aromatic carbocycles. The molecule has 5 fully saturated rings. The molecule has 4 bridgehead atoms. The minimum Gasteiger partial charge on any atom is -0.369 e. The average molecular weight is 341 g/mol. The third-order valence-electron chi connectivity index (χ3n) is 7.74. The van der Waals surface area contributed by atoms with Crippen LogP contribution in [0.3, 0.4) is 0 Å². The van der Waals surface area contributed by atoms with E-state index in [2.05, 4.69) is 16.7 Å². The van der Waals surface area contributed by atoms with Crippen LogP contribution in [0.1, 0.15) is 70.6 Å². The van der Waals surface area contributed by atoms with Gasteiger partial charge >= 0.3 is 0 Å². The molecule has 0 aromatic rings. The van der Waals surface area contributed by atoms with Crippen molar-refractivity contribution in [3.05, 3.63) is 11.9 Å².